The molecule has 88 valence electrons. The van der Waals surface area contributed by atoms with Gasteiger partial charge in [-0.3, -0.25) is 4.79 Å². The molecular weight excluding hydrogens is 204 g/mol. The normalized spacial score (nSPS) is 11.5. The summed E-state index contributed by atoms with van der Waals surface area (Å²) in [5.74, 6) is -0.0666. The Labute approximate surface area is 95.7 Å². The van der Waals surface area contributed by atoms with Crippen LogP contribution in [0.15, 0.2) is 24.3 Å². The number of carbonyl (C=O) groups excluding carboxylic acids is 1. The standard InChI is InChI=1S/C13H18O3/c1-13(2,16)9-12(15)11-5-3-10(4-6-11)7-8-14/h3-6,14,16H,7-9H2,1-2H3. The lowest BCUT2D eigenvalue weighted by atomic mass is 9.97. The first-order valence-corrected chi connectivity index (χ1v) is 5.38. The van der Waals surface area contributed by atoms with Gasteiger partial charge in [-0.05, 0) is 25.8 Å². The van der Waals surface area contributed by atoms with E-state index in [1.54, 1.807) is 26.0 Å². The molecule has 0 fully saturated rings. The number of hydrogen-bond acceptors (Lipinski definition) is 3. The van der Waals surface area contributed by atoms with Gasteiger partial charge in [0.15, 0.2) is 5.78 Å². The van der Waals surface area contributed by atoms with Crippen LogP contribution in [0.5, 0.6) is 0 Å². The molecule has 0 amide bonds. The van der Waals surface area contributed by atoms with Gasteiger partial charge in [0.1, 0.15) is 0 Å². The number of rotatable bonds is 5. The lowest BCUT2D eigenvalue weighted by Gasteiger charge is -2.15. The second kappa shape index (κ2) is 5.23. The van der Waals surface area contributed by atoms with Crippen LogP contribution in [0, 0.1) is 0 Å². The third-order valence-electron chi connectivity index (χ3n) is 2.27. The van der Waals surface area contributed by atoms with Crippen molar-refractivity contribution in [2.75, 3.05) is 6.61 Å². The molecular formula is C13H18O3. The summed E-state index contributed by atoms with van der Waals surface area (Å²) in [4.78, 5) is 11.7. The third-order valence-corrected chi connectivity index (χ3v) is 2.27. The van der Waals surface area contributed by atoms with Crippen molar-refractivity contribution in [1.29, 1.82) is 0 Å². The molecule has 1 aromatic rings. The minimum atomic E-state index is -0.971. The Hall–Kier alpha value is -1.19. The van der Waals surface area contributed by atoms with Crippen LogP contribution in [-0.4, -0.2) is 28.2 Å². The molecule has 1 rings (SSSR count). The van der Waals surface area contributed by atoms with E-state index in [0.29, 0.717) is 12.0 Å². The summed E-state index contributed by atoms with van der Waals surface area (Å²) < 4.78 is 0. The quantitative estimate of drug-likeness (QED) is 0.743. The Morgan fingerprint density at radius 3 is 2.25 bits per heavy atom. The van der Waals surface area contributed by atoms with Gasteiger partial charge in [0.2, 0.25) is 0 Å². The maximum absolute atomic E-state index is 11.7. The van der Waals surface area contributed by atoms with E-state index in [-0.39, 0.29) is 18.8 Å². The Bertz CT molecular complexity index is 346. The molecule has 3 heteroatoms. The first-order chi connectivity index (χ1) is 7.42. The largest absolute Gasteiger partial charge is 0.396 e. The van der Waals surface area contributed by atoms with Crippen molar-refractivity contribution in [3.8, 4) is 0 Å². The van der Waals surface area contributed by atoms with Crippen LogP contribution in [0.4, 0.5) is 0 Å². The van der Waals surface area contributed by atoms with Crippen LogP contribution in [0.2, 0.25) is 0 Å². The number of ketones is 1. The zero-order valence-electron chi connectivity index (χ0n) is 9.73. The molecule has 0 spiro atoms. The monoisotopic (exact) mass is 222 g/mol. The fourth-order valence-electron chi connectivity index (χ4n) is 1.48. The van der Waals surface area contributed by atoms with Gasteiger partial charge in [-0.25, -0.2) is 0 Å². The highest BCUT2D eigenvalue weighted by Crippen LogP contribution is 2.14. The summed E-state index contributed by atoms with van der Waals surface area (Å²) in [5, 5.41) is 18.3. The smallest absolute Gasteiger partial charge is 0.165 e. The van der Waals surface area contributed by atoms with Crippen molar-refractivity contribution in [2.45, 2.75) is 32.3 Å². The highest BCUT2D eigenvalue weighted by molar-refractivity contribution is 5.96. The molecule has 0 unspecified atom stereocenters. The van der Waals surface area contributed by atoms with Gasteiger partial charge >= 0.3 is 0 Å². The Balaban J connectivity index is 2.70. The number of hydrogen-bond donors (Lipinski definition) is 2. The van der Waals surface area contributed by atoms with Gasteiger partial charge in [-0.2, -0.15) is 0 Å². The van der Waals surface area contributed by atoms with Crippen molar-refractivity contribution in [3.63, 3.8) is 0 Å². The summed E-state index contributed by atoms with van der Waals surface area (Å²) in [6, 6.07) is 7.12. The molecule has 0 aliphatic carbocycles. The van der Waals surface area contributed by atoms with Crippen molar-refractivity contribution < 1.29 is 15.0 Å². The summed E-state index contributed by atoms with van der Waals surface area (Å²) in [7, 11) is 0. The van der Waals surface area contributed by atoms with E-state index in [9.17, 15) is 9.90 Å². The summed E-state index contributed by atoms with van der Waals surface area (Å²) >= 11 is 0. The molecule has 0 saturated carbocycles. The number of aliphatic hydroxyl groups is 2. The van der Waals surface area contributed by atoms with Crippen LogP contribution in [-0.2, 0) is 6.42 Å². The molecule has 0 aromatic heterocycles. The minimum Gasteiger partial charge on any atom is -0.396 e. The van der Waals surface area contributed by atoms with Crippen molar-refractivity contribution in [3.05, 3.63) is 35.4 Å². The van der Waals surface area contributed by atoms with Crippen molar-refractivity contribution in [1.82, 2.24) is 0 Å². The summed E-state index contributed by atoms with van der Waals surface area (Å²) in [5.41, 5.74) is 0.632. The van der Waals surface area contributed by atoms with Crippen LogP contribution in [0.1, 0.15) is 36.2 Å². The van der Waals surface area contributed by atoms with Gasteiger partial charge in [0.05, 0.1) is 5.60 Å². The van der Waals surface area contributed by atoms with Crippen LogP contribution >= 0.6 is 0 Å². The molecule has 2 N–H and O–H groups in total. The summed E-state index contributed by atoms with van der Waals surface area (Å²) in [6.07, 6.45) is 0.715. The van der Waals surface area contributed by atoms with Gasteiger partial charge in [-0.1, -0.05) is 24.3 Å². The maximum Gasteiger partial charge on any atom is 0.165 e. The third kappa shape index (κ3) is 4.13. The average molecular weight is 222 g/mol. The van der Waals surface area contributed by atoms with Crippen LogP contribution in [0.3, 0.4) is 0 Å². The lowest BCUT2D eigenvalue weighted by Crippen LogP contribution is -2.23. The van der Waals surface area contributed by atoms with Crippen LogP contribution < -0.4 is 0 Å². The van der Waals surface area contributed by atoms with E-state index in [1.807, 2.05) is 12.1 Å². The fourth-order valence-corrected chi connectivity index (χ4v) is 1.48. The number of benzene rings is 1. The molecule has 1 aromatic carbocycles. The number of Topliss-reactive ketones (excluding diaryl/α,β-unsaturated/α-hetero) is 1. The fraction of sp³-hybridized carbons (Fsp3) is 0.462. The lowest BCUT2D eigenvalue weighted by molar-refractivity contribution is 0.0587. The molecule has 16 heavy (non-hydrogen) atoms. The molecule has 0 radical (unpaired) electrons. The molecule has 0 aliphatic rings. The van der Waals surface area contributed by atoms with E-state index in [2.05, 4.69) is 0 Å². The average Bonchev–Trinajstić information content (AvgIpc) is 2.16. The van der Waals surface area contributed by atoms with Gasteiger partial charge in [0, 0.05) is 18.6 Å². The van der Waals surface area contributed by atoms with Gasteiger partial charge in [-0.15, -0.1) is 0 Å². The molecule has 3 nitrogen and oxygen atoms in total. The SMILES string of the molecule is CC(C)(O)CC(=O)c1ccc(CCO)cc1. The van der Waals surface area contributed by atoms with Crippen molar-refractivity contribution >= 4 is 5.78 Å². The molecule has 0 bridgehead atoms. The second-order valence-electron chi connectivity index (χ2n) is 4.58. The topological polar surface area (TPSA) is 57.5 Å². The molecule has 0 heterocycles. The zero-order valence-corrected chi connectivity index (χ0v) is 9.73. The predicted octanol–water partition coefficient (Wildman–Crippen LogP) is 1.57. The Morgan fingerprint density at radius 2 is 1.81 bits per heavy atom. The van der Waals surface area contributed by atoms with E-state index in [4.69, 9.17) is 5.11 Å². The van der Waals surface area contributed by atoms with E-state index in [0.717, 1.165) is 5.56 Å². The Morgan fingerprint density at radius 1 is 1.25 bits per heavy atom. The first-order valence-electron chi connectivity index (χ1n) is 5.38. The summed E-state index contributed by atoms with van der Waals surface area (Å²) in [6.45, 7) is 3.34. The number of carbonyl (C=O) groups is 1. The zero-order chi connectivity index (χ0) is 12.2. The maximum atomic E-state index is 11.7. The van der Waals surface area contributed by atoms with Gasteiger partial charge in [0.25, 0.3) is 0 Å². The first kappa shape index (κ1) is 12.9. The van der Waals surface area contributed by atoms with Gasteiger partial charge < -0.3 is 10.2 Å². The molecule has 0 atom stereocenters. The highest BCUT2D eigenvalue weighted by atomic mass is 16.3. The molecule has 0 aliphatic heterocycles. The predicted molar refractivity (Wildman–Crippen MR) is 62.5 cm³/mol. The highest BCUT2D eigenvalue weighted by Gasteiger charge is 2.18. The van der Waals surface area contributed by atoms with E-state index >= 15 is 0 Å². The van der Waals surface area contributed by atoms with E-state index in [1.165, 1.54) is 0 Å². The Kier molecular flexibility index (Phi) is 4.21. The van der Waals surface area contributed by atoms with Crippen molar-refractivity contribution in [2.24, 2.45) is 0 Å². The molecule has 0 saturated heterocycles. The number of aliphatic hydroxyl groups excluding tert-OH is 1. The minimum absolute atomic E-state index is 0.0666. The van der Waals surface area contributed by atoms with Crippen LogP contribution in [0.25, 0.3) is 0 Å². The van der Waals surface area contributed by atoms with E-state index < -0.39 is 5.60 Å². The second-order valence-corrected chi connectivity index (χ2v) is 4.58.